The predicted molar refractivity (Wildman–Crippen MR) is 217 cm³/mol. The molecule has 0 aromatic heterocycles. The van der Waals surface area contributed by atoms with Crippen LogP contribution in [-0.4, -0.2) is 0 Å². The first-order chi connectivity index (χ1) is 24.8. The van der Waals surface area contributed by atoms with Crippen LogP contribution in [0.25, 0.3) is 54.9 Å². The van der Waals surface area contributed by atoms with Crippen LogP contribution in [0.3, 0.4) is 0 Å². The monoisotopic (exact) mass is 653 g/mol. The second kappa shape index (κ2) is 10.8. The molecule has 244 valence electrons. The summed E-state index contributed by atoms with van der Waals surface area (Å²) < 4.78 is 0. The van der Waals surface area contributed by atoms with E-state index in [-0.39, 0.29) is 10.8 Å². The molecule has 0 unspecified atom stereocenters. The molecule has 0 saturated heterocycles. The smallest absolute Gasteiger partial charge is 0.0546 e. The van der Waals surface area contributed by atoms with Gasteiger partial charge in [0.1, 0.15) is 0 Å². The van der Waals surface area contributed by atoms with Gasteiger partial charge in [-0.15, -0.1) is 0 Å². The maximum atomic E-state index is 2.55. The number of hydrogen-bond donors (Lipinski definition) is 0. The van der Waals surface area contributed by atoms with E-state index in [2.05, 4.69) is 196 Å². The fraction of sp³-hybridized carbons (Fsp3) is 0.120. The fourth-order valence-corrected chi connectivity index (χ4v) is 9.24. The van der Waals surface area contributed by atoms with Gasteiger partial charge in [0.05, 0.1) is 11.4 Å². The average Bonchev–Trinajstić information content (AvgIpc) is 3.40. The Morgan fingerprint density at radius 2 is 1.06 bits per heavy atom. The molecular weight excluding hydrogens is 615 g/mol. The minimum atomic E-state index is -0.163. The van der Waals surface area contributed by atoms with Crippen LogP contribution < -0.4 is 4.90 Å². The van der Waals surface area contributed by atoms with Gasteiger partial charge in [-0.05, 0) is 96.6 Å². The molecule has 2 aliphatic rings. The lowest BCUT2D eigenvalue weighted by atomic mass is 9.67. The zero-order valence-electron chi connectivity index (χ0n) is 29.5. The maximum Gasteiger partial charge on any atom is 0.0546 e. The summed E-state index contributed by atoms with van der Waals surface area (Å²) in [6.07, 6.45) is 0. The molecule has 8 aromatic rings. The summed E-state index contributed by atoms with van der Waals surface area (Å²) in [5, 5.41) is 5.09. The molecule has 0 heterocycles. The standard InChI is InChI=1S/C50H39N/c1-49(2)42-28-24-35(32-14-6-5-7-15-32)30-40(42)48-46(29-25-34-18-12-22-43(49)47(34)48)51(45-23-13-17-33-16-8-9-19-37(33)45)36-26-27-39-38-20-10-11-21-41(38)50(3,4)44(39)31-36/h5-31H,1-4H3. The van der Waals surface area contributed by atoms with E-state index < -0.39 is 0 Å². The lowest BCUT2D eigenvalue weighted by Crippen LogP contribution is -2.25. The summed E-state index contributed by atoms with van der Waals surface area (Å²) in [6.45, 7) is 9.53. The normalized spacial score (nSPS) is 14.6. The molecule has 1 heteroatoms. The van der Waals surface area contributed by atoms with Gasteiger partial charge < -0.3 is 4.90 Å². The van der Waals surface area contributed by atoms with Crippen LogP contribution in [0.5, 0.6) is 0 Å². The Hall–Kier alpha value is -5.92. The van der Waals surface area contributed by atoms with Crippen LogP contribution in [0.2, 0.25) is 0 Å². The average molecular weight is 654 g/mol. The van der Waals surface area contributed by atoms with E-state index in [9.17, 15) is 0 Å². The van der Waals surface area contributed by atoms with Gasteiger partial charge in [-0.2, -0.15) is 0 Å². The van der Waals surface area contributed by atoms with Crippen molar-refractivity contribution >= 4 is 38.6 Å². The van der Waals surface area contributed by atoms with Gasteiger partial charge in [0.15, 0.2) is 0 Å². The third kappa shape index (κ3) is 4.28. The number of nitrogens with zero attached hydrogens (tertiary/aromatic N) is 1. The van der Waals surface area contributed by atoms with Crippen molar-refractivity contribution < 1.29 is 0 Å². The summed E-state index contributed by atoms with van der Waals surface area (Å²) in [6, 6.07) is 61.2. The van der Waals surface area contributed by atoms with Crippen LogP contribution in [0.4, 0.5) is 17.1 Å². The number of anilines is 3. The molecule has 10 rings (SSSR count). The van der Waals surface area contributed by atoms with E-state index in [0.717, 1.165) is 0 Å². The molecule has 8 aromatic carbocycles. The lowest BCUT2D eigenvalue weighted by molar-refractivity contribution is 0.645. The molecule has 0 bridgehead atoms. The van der Waals surface area contributed by atoms with Gasteiger partial charge in [0, 0.05) is 27.5 Å². The first-order valence-corrected chi connectivity index (χ1v) is 18.1. The van der Waals surface area contributed by atoms with Crippen molar-refractivity contribution in [1.29, 1.82) is 0 Å². The van der Waals surface area contributed by atoms with Crippen LogP contribution in [0, 0.1) is 0 Å². The summed E-state index contributed by atoms with van der Waals surface area (Å²) >= 11 is 0. The minimum Gasteiger partial charge on any atom is -0.309 e. The molecular formula is C50H39N. The van der Waals surface area contributed by atoms with Crippen molar-refractivity contribution in [1.82, 2.24) is 0 Å². The quantitative estimate of drug-likeness (QED) is 0.183. The van der Waals surface area contributed by atoms with Crippen LogP contribution in [-0.2, 0) is 10.8 Å². The summed E-state index contributed by atoms with van der Waals surface area (Å²) in [5.74, 6) is 0. The van der Waals surface area contributed by atoms with Gasteiger partial charge in [-0.25, -0.2) is 0 Å². The molecule has 0 saturated carbocycles. The molecule has 1 nitrogen and oxygen atoms in total. The molecule has 0 fully saturated rings. The van der Waals surface area contributed by atoms with E-state index in [0.29, 0.717) is 0 Å². The number of benzene rings is 8. The molecule has 0 amide bonds. The van der Waals surface area contributed by atoms with Gasteiger partial charge in [0.25, 0.3) is 0 Å². The van der Waals surface area contributed by atoms with Crippen molar-refractivity contribution in [2.45, 2.75) is 38.5 Å². The Bertz CT molecular complexity index is 2690. The Labute approximate surface area is 300 Å². The van der Waals surface area contributed by atoms with E-state index >= 15 is 0 Å². The van der Waals surface area contributed by atoms with Gasteiger partial charge in [-0.3, -0.25) is 0 Å². The number of fused-ring (bicyclic) bond motifs is 6. The summed E-state index contributed by atoms with van der Waals surface area (Å²) in [7, 11) is 0. The van der Waals surface area contributed by atoms with Crippen molar-refractivity contribution in [2.24, 2.45) is 0 Å². The number of rotatable bonds is 4. The second-order valence-electron chi connectivity index (χ2n) is 15.3. The Balaban J connectivity index is 1.31. The molecule has 0 aliphatic heterocycles. The molecule has 0 atom stereocenters. The van der Waals surface area contributed by atoms with Gasteiger partial charge in [-0.1, -0.05) is 161 Å². The van der Waals surface area contributed by atoms with Crippen molar-refractivity contribution in [2.75, 3.05) is 4.90 Å². The Morgan fingerprint density at radius 3 is 1.94 bits per heavy atom. The summed E-state index contributed by atoms with van der Waals surface area (Å²) in [4.78, 5) is 2.55. The highest BCUT2D eigenvalue weighted by molar-refractivity contribution is 6.12. The van der Waals surface area contributed by atoms with Crippen molar-refractivity contribution in [3.8, 4) is 33.4 Å². The summed E-state index contributed by atoms with van der Waals surface area (Å²) in [5.41, 5.74) is 16.5. The lowest BCUT2D eigenvalue weighted by Gasteiger charge is -2.38. The minimum absolute atomic E-state index is 0.113. The molecule has 2 aliphatic carbocycles. The van der Waals surface area contributed by atoms with E-state index in [1.807, 2.05) is 0 Å². The fourth-order valence-electron chi connectivity index (χ4n) is 9.24. The van der Waals surface area contributed by atoms with Gasteiger partial charge in [0.2, 0.25) is 0 Å². The molecule has 0 spiro atoms. The molecule has 0 radical (unpaired) electrons. The van der Waals surface area contributed by atoms with E-state index in [1.165, 1.54) is 94.2 Å². The predicted octanol–water partition coefficient (Wildman–Crippen LogP) is 13.7. The highest BCUT2D eigenvalue weighted by atomic mass is 15.1. The van der Waals surface area contributed by atoms with E-state index in [1.54, 1.807) is 0 Å². The van der Waals surface area contributed by atoms with Crippen molar-refractivity contribution in [3.05, 3.63) is 186 Å². The van der Waals surface area contributed by atoms with Gasteiger partial charge >= 0.3 is 0 Å². The zero-order chi connectivity index (χ0) is 34.5. The first kappa shape index (κ1) is 29.9. The SMILES string of the molecule is CC1(C)c2ccccc2-c2ccc(N(c3ccc4cccc5c4c3-c3cc(-c4ccccc4)ccc3C5(C)C)c3cccc4ccccc34)cc21. The third-order valence-electron chi connectivity index (χ3n) is 11.8. The molecule has 51 heavy (non-hydrogen) atoms. The first-order valence-electron chi connectivity index (χ1n) is 18.1. The van der Waals surface area contributed by atoms with E-state index in [4.69, 9.17) is 0 Å². The second-order valence-corrected chi connectivity index (χ2v) is 15.3. The molecule has 0 N–H and O–H groups in total. The topological polar surface area (TPSA) is 3.24 Å². The Kier molecular flexibility index (Phi) is 6.34. The third-order valence-corrected chi connectivity index (χ3v) is 11.8. The van der Waals surface area contributed by atoms with Crippen LogP contribution in [0.1, 0.15) is 49.9 Å². The highest BCUT2D eigenvalue weighted by Crippen LogP contribution is 2.56. The number of hydrogen-bond acceptors (Lipinski definition) is 1. The highest BCUT2D eigenvalue weighted by Gasteiger charge is 2.38. The van der Waals surface area contributed by atoms with Crippen LogP contribution in [0.15, 0.2) is 164 Å². The Morgan fingerprint density at radius 1 is 0.392 bits per heavy atom. The largest absolute Gasteiger partial charge is 0.309 e. The van der Waals surface area contributed by atoms with Crippen molar-refractivity contribution in [3.63, 3.8) is 0 Å². The zero-order valence-corrected chi connectivity index (χ0v) is 29.5. The maximum absolute atomic E-state index is 2.55. The van der Waals surface area contributed by atoms with Crippen LogP contribution >= 0.6 is 0 Å².